The second-order valence-corrected chi connectivity index (χ2v) is 4.07. The minimum Gasteiger partial charge on any atom is -0.476 e. The second kappa shape index (κ2) is 4.47. The van der Waals surface area contributed by atoms with Crippen LogP contribution in [-0.2, 0) is 12.8 Å². The highest BCUT2D eigenvalue weighted by atomic mass is 16.4. The minimum absolute atomic E-state index is 0.0688. The van der Waals surface area contributed by atoms with E-state index in [-0.39, 0.29) is 5.69 Å². The van der Waals surface area contributed by atoms with Gasteiger partial charge in [-0.1, -0.05) is 12.8 Å². The molecule has 0 unspecified atom stereocenters. The van der Waals surface area contributed by atoms with Crippen molar-refractivity contribution in [3.63, 3.8) is 0 Å². The van der Waals surface area contributed by atoms with E-state index in [1.54, 1.807) is 0 Å². The van der Waals surface area contributed by atoms with E-state index in [1.807, 2.05) is 0 Å². The summed E-state index contributed by atoms with van der Waals surface area (Å²) in [6, 6.07) is 0. The Hall–Kier alpha value is -1.65. The van der Waals surface area contributed by atoms with Gasteiger partial charge < -0.3 is 10.1 Å². The fourth-order valence-electron chi connectivity index (χ4n) is 2.16. The van der Waals surface area contributed by atoms with E-state index in [9.17, 15) is 9.59 Å². The van der Waals surface area contributed by atoms with Crippen molar-refractivity contribution >= 4 is 5.97 Å². The molecule has 1 aromatic heterocycles. The van der Waals surface area contributed by atoms with Crippen LogP contribution in [0.5, 0.6) is 0 Å². The van der Waals surface area contributed by atoms with Crippen molar-refractivity contribution in [3.05, 3.63) is 27.4 Å². The topological polar surface area (TPSA) is 83.0 Å². The summed E-state index contributed by atoms with van der Waals surface area (Å²) in [5.41, 5.74) is 0.848. The van der Waals surface area contributed by atoms with Gasteiger partial charge in [0, 0.05) is 11.3 Å². The fraction of sp³-hybridized carbons (Fsp3) is 0.545. The highest BCUT2D eigenvalue weighted by molar-refractivity contribution is 5.87. The molecule has 2 rings (SSSR count). The molecule has 1 aromatic rings. The molecule has 86 valence electrons. The number of H-pyrrole nitrogens is 1. The Morgan fingerprint density at radius 2 is 1.88 bits per heavy atom. The van der Waals surface area contributed by atoms with Crippen LogP contribution in [0.3, 0.4) is 0 Å². The van der Waals surface area contributed by atoms with Crippen molar-refractivity contribution in [2.45, 2.75) is 38.5 Å². The zero-order chi connectivity index (χ0) is 11.5. The van der Waals surface area contributed by atoms with E-state index >= 15 is 0 Å². The van der Waals surface area contributed by atoms with E-state index in [1.165, 1.54) is 0 Å². The number of carbonyl (C=O) groups is 1. The lowest BCUT2D eigenvalue weighted by atomic mass is 9.96. The number of fused-ring (bicyclic) bond motifs is 1. The molecule has 5 nitrogen and oxygen atoms in total. The van der Waals surface area contributed by atoms with E-state index in [0.717, 1.165) is 37.8 Å². The van der Waals surface area contributed by atoms with Crippen LogP contribution in [0.15, 0.2) is 4.79 Å². The Labute approximate surface area is 92.5 Å². The average Bonchev–Trinajstić information content (AvgIpc) is 2.19. The Morgan fingerprint density at radius 1 is 1.19 bits per heavy atom. The molecule has 0 aromatic carbocycles. The molecule has 0 spiro atoms. The highest BCUT2D eigenvalue weighted by Crippen LogP contribution is 2.19. The smallest absolute Gasteiger partial charge is 0.355 e. The van der Waals surface area contributed by atoms with Crippen LogP contribution in [0.1, 0.15) is 47.4 Å². The number of nitrogens with zero attached hydrogens (tertiary/aromatic N) is 1. The number of aromatic amines is 1. The number of aryl methyl sites for hydroxylation is 1. The standard InChI is InChI=1S/C11H14N2O3/c14-10(15)9-7-5-3-1-2-4-6-8(7)12-11(16)13-9/h1-6H2,(H,14,15)(H,12,13,16). The van der Waals surface area contributed by atoms with Gasteiger partial charge in [0.2, 0.25) is 0 Å². The third kappa shape index (κ3) is 2.13. The number of nitrogens with one attached hydrogen (secondary N) is 1. The van der Waals surface area contributed by atoms with Crippen LogP contribution in [0, 0.1) is 0 Å². The van der Waals surface area contributed by atoms with Crippen molar-refractivity contribution < 1.29 is 9.90 Å². The number of hydrogen-bond donors (Lipinski definition) is 2. The van der Waals surface area contributed by atoms with Gasteiger partial charge in [-0.15, -0.1) is 0 Å². The normalized spacial score (nSPS) is 16.0. The fourth-order valence-corrected chi connectivity index (χ4v) is 2.16. The molecule has 16 heavy (non-hydrogen) atoms. The summed E-state index contributed by atoms with van der Waals surface area (Å²) in [7, 11) is 0. The highest BCUT2D eigenvalue weighted by Gasteiger charge is 2.18. The van der Waals surface area contributed by atoms with Crippen LogP contribution in [-0.4, -0.2) is 21.0 Å². The van der Waals surface area contributed by atoms with Crippen molar-refractivity contribution in [1.29, 1.82) is 0 Å². The Kier molecular flexibility index (Phi) is 3.03. The van der Waals surface area contributed by atoms with Crippen LogP contribution >= 0.6 is 0 Å². The number of aromatic nitrogens is 2. The van der Waals surface area contributed by atoms with Gasteiger partial charge >= 0.3 is 11.7 Å². The van der Waals surface area contributed by atoms with Crippen LogP contribution < -0.4 is 5.69 Å². The molecule has 0 atom stereocenters. The van der Waals surface area contributed by atoms with Gasteiger partial charge in [0.05, 0.1) is 0 Å². The Bertz CT molecular complexity index is 465. The summed E-state index contributed by atoms with van der Waals surface area (Å²) in [6.45, 7) is 0. The van der Waals surface area contributed by atoms with Crippen LogP contribution in [0.25, 0.3) is 0 Å². The number of rotatable bonds is 1. The van der Waals surface area contributed by atoms with Gasteiger partial charge in [0.15, 0.2) is 5.69 Å². The van der Waals surface area contributed by atoms with E-state index < -0.39 is 11.7 Å². The zero-order valence-corrected chi connectivity index (χ0v) is 8.95. The van der Waals surface area contributed by atoms with E-state index in [0.29, 0.717) is 12.0 Å². The summed E-state index contributed by atoms with van der Waals surface area (Å²) >= 11 is 0. The molecule has 0 aliphatic heterocycles. The lowest BCUT2D eigenvalue weighted by Gasteiger charge is -2.14. The van der Waals surface area contributed by atoms with Gasteiger partial charge in [0.1, 0.15) is 0 Å². The monoisotopic (exact) mass is 222 g/mol. The number of carboxylic acids is 1. The molecule has 1 heterocycles. The third-order valence-corrected chi connectivity index (χ3v) is 2.93. The lowest BCUT2D eigenvalue weighted by molar-refractivity contribution is 0.0688. The quantitative estimate of drug-likeness (QED) is 0.746. The molecular formula is C11H14N2O3. The summed E-state index contributed by atoms with van der Waals surface area (Å²) in [5, 5.41) is 9.01. The van der Waals surface area contributed by atoms with Gasteiger partial charge in [0.25, 0.3) is 0 Å². The van der Waals surface area contributed by atoms with Crippen molar-refractivity contribution in [1.82, 2.24) is 9.97 Å². The maximum absolute atomic E-state index is 11.2. The molecule has 0 saturated heterocycles. The van der Waals surface area contributed by atoms with Gasteiger partial charge in [-0.25, -0.2) is 9.59 Å². The molecule has 0 bridgehead atoms. The third-order valence-electron chi connectivity index (χ3n) is 2.93. The average molecular weight is 222 g/mol. The maximum Gasteiger partial charge on any atom is 0.355 e. The maximum atomic E-state index is 11.2. The Balaban J connectivity index is 2.53. The number of carboxylic acid groups (broad SMARTS) is 1. The Morgan fingerprint density at radius 3 is 2.56 bits per heavy atom. The molecule has 2 N–H and O–H groups in total. The molecular weight excluding hydrogens is 208 g/mol. The molecule has 1 aliphatic carbocycles. The van der Waals surface area contributed by atoms with E-state index in [2.05, 4.69) is 9.97 Å². The predicted molar refractivity (Wildman–Crippen MR) is 57.7 cm³/mol. The first-order valence-electron chi connectivity index (χ1n) is 5.54. The summed E-state index contributed by atoms with van der Waals surface area (Å²) in [6.07, 6.45) is 5.63. The van der Waals surface area contributed by atoms with Crippen LogP contribution in [0.2, 0.25) is 0 Å². The first-order chi connectivity index (χ1) is 7.68. The molecule has 0 saturated carbocycles. The van der Waals surface area contributed by atoms with Crippen molar-refractivity contribution in [2.24, 2.45) is 0 Å². The molecule has 1 aliphatic rings. The summed E-state index contributed by atoms with van der Waals surface area (Å²) < 4.78 is 0. The zero-order valence-electron chi connectivity index (χ0n) is 8.95. The molecule has 0 amide bonds. The SMILES string of the molecule is O=C(O)c1nc(=O)[nH]c2c1CCCCCC2. The molecule has 5 heteroatoms. The first-order valence-corrected chi connectivity index (χ1v) is 5.54. The summed E-state index contributed by atoms with van der Waals surface area (Å²) in [5.74, 6) is -1.11. The van der Waals surface area contributed by atoms with Gasteiger partial charge in [-0.3, -0.25) is 0 Å². The van der Waals surface area contributed by atoms with Gasteiger partial charge in [-0.05, 0) is 25.7 Å². The van der Waals surface area contributed by atoms with Crippen LogP contribution in [0.4, 0.5) is 0 Å². The largest absolute Gasteiger partial charge is 0.476 e. The lowest BCUT2D eigenvalue weighted by Crippen LogP contribution is -2.22. The van der Waals surface area contributed by atoms with Crippen molar-refractivity contribution in [2.75, 3.05) is 0 Å². The van der Waals surface area contributed by atoms with Gasteiger partial charge in [-0.2, -0.15) is 4.98 Å². The first kappa shape index (κ1) is 10.9. The van der Waals surface area contributed by atoms with E-state index in [4.69, 9.17) is 5.11 Å². The van der Waals surface area contributed by atoms with Crippen molar-refractivity contribution in [3.8, 4) is 0 Å². The second-order valence-electron chi connectivity index (χ2n) is 4.07. The minimum atomic E-state index is -1.11. The number of aromatic carboxylic acids is 1. The summed E-state index contributed by atoms with van der Waals surface area (Å²) in [4.78, 5) is 28.5. The predicted octanol–water partition coefficient (Wildman–Crippen LogP) is 1.13. The number of hydrogen-bond acceptors (Lipinski definition) is 3. The molecule has 0 radical (unpaired) electrons. The molecule has 0 fully saturated rings.